The van der Waals surface area contributed by atoms with Gasteiger partial charge in [0.1, 0.15) is 30.1 Å². The lowest BCUT2D eigenvalue weighted by molar-refractivity contribution is -0.117. The van der Waals surface area contributed by atoms with Crippen molar-refractivity contribution >= 4 is 21.6 Å². The molecule has 26 heavy (non-hydrogen) atoms. The summed E-state index contributed by atoms with van der Waals surface area (Å²) in [5.74, 6) is -0.179. The summed E-state index contributed by atoms with van der Waals surface area (Å²) in [6.45, 7) is 3.78. The Morgan fingerprint density at radius 1 is 1.27 bits per heavy atom. The van der Waals surface area contributed by atoms with Gasteiger partial charge in [-0.05, 0) is 38.0 Å². The van der Waals surface area contributed by atoms with E-state index in [-0.39, 0.29) is 23.0 Å². The van der Waals surface area contributed by atoms with E-state index in [0.29, 0.717) is 32.0 Å². The molecule has 0 bridgehead atoms. The second-order valence-corrected chi connectivity index (χ2v) is 7.77. The van der Waals surface area contributed by atoms with Crippen LogP contribution in [-0.4, -0.2) is 51.5 Å². The number of rotatable bonds is 6. The van der Waals surface area contributed by atoms with Crippen LogP contribution in [0, 0.1) is 0 Å². The van der Waals surface area contributed by atoms with Gasteiger partial charge in [-0.3, -0.25) is 4.79 Å². The number of hydrogen-bond donors (Lipinski definition) is 1. The summed E-state index contributed by atoms with van der Waals surface area (Å²) in [7, 11) is -3.69. The summed E-state index contributed by atoms with van der Waals surface area (Å²) in [5, 5.41) is 2.63. The van der Waals surface area contributed by atoms with E-state index in [9.17, 15) is 13.2 Å². The van der Waals surface area contributed by atoms with Gasteiger partial charge in [-0.1, -0.05) is 0 Å². The maximum Gasteiger partial charge on any atom is 0.294 e. The number of hydrogen-bond acceptors (Lipinski definition) is 6. The summed E-state index contributed by atoms with van der Waals surface area (Å²) < 4.78 is 43.1. The molecule has 9 heteroatoms. The van der Waals surface area contributed by atoms with Crippen molar-refractivity contribution < 1.29 is 27.4 Å². The topological polar surface area (TPSA) is 94.2 Å². The smallest absolute Gasteiger partial charge is 0.294 e. The van der Waals surface area contributed by atoms with E-state index >= 15 is 0 Å². The fourth-order valence-corrected chi connectivity index (χ4v) is 4.48. The minimum absolute atomic E-state index is 0.0499. The molecule has 3 rings (SSSR count). The molecule has 0 aromatic heterocycles. The molecule has 2 aliphatic heterocycles. The quantitative estimate of drug-likeness (QED) is 0.805. The molecule has 0 atom stereocenters. The Balaban J connectivity index is 1.88. The summed E-state index contributed by atoms with van der Waals surface area (Å²) >= 11 is 0. The highest BCUT2D eigenvalue weighted by molar-refractivity contribution is 7.89. The minimum atomic E-state index is -3.69. The van der Waals surface area contributed by atoms with E-state index in [4.69, 9.17) is 14.2 Å². The van der Waals surface area contributed by atoms with Crippen molar-refractivity contribution in [3.63, 3.8) is 0 Å². The molecule has 1 fully saturated rings. The van der Waals surface area contributed by atoms with Crippen molar-refractivity contribution in [2.24, 2.45) is 0 Å². The van der Waals surface area contributed by atoms with Crippen LogP contribution in [0.15, 0.2) is 35.1 Å². The van der Waals surface area contributed by atoms with Gasteiger partial charge in [0, 0.05) is 18.8 Å². The van der Waals surface area contributed by atoms with Gasteiger partial charge >= 0.3 is 0 Å². The number of benzene rings is 1. The molecule has 8 nitrogen and oxygen atoms in total. The zero-order valence-electron chi connectivity index (χ0n) is 14.6. The molecule has 2 aliphatic rings. The number of amides is 1. The molecule has 0 spiro atoms. The van der Waals surface area contributed by atoms with Crippen LogP contribution in [0.25, 0.3) is 0 Å². The van der Waals surface area contributed by atoms with Gasteiger partial charge in [0.25, 0.3) is 5.91 Å². The zero-order valence-corrected chi connectivity index (χ0v) is 15.4. The molecule has 2 heterocycles. The Kier molecular flexibility index (Phi) is 5.67. The Hall–Kier alpha value is -2.26. The number of nitrogens with zero attached hydrogens (tertiary/aromatic N) is 1. The number of carbonyl (C=O) groups is 1. The first-order valence-electron chi connectivity index (χ1n) is 8.55. The second kappa shape index (κ2) is 7.96. The van der Waals surface area contributed by atoms with E-state index in [0.717, 1.165) is 12.8 Å². The molecule has 1 aromatic carbocycles. The Morgan fingerprint density at radius 3 is 2.69 bits per heavy atom. The van der Waals surface area contributed by atoms with Gasteiger partial charge in [0.15, 0.2) is 0 Å². The Bertz CT molecular complexity index is 799. The first-order chi connectivity index (χ1) is 12.5. The Morgan fingerprint density at radius 2 is 2.04 bits per heavy atom. The van der Waals surface area contributed by atoms with Crippen molar-refractivity contribution in [1.29, 1.82) is 0 Å². The SMILES string of the molecule is CCOc1ccc(NC(=O)C2=COCCO2)cc1S(=O)(=O)N1CCCC1. The molecule has 0 saturated carbocycles. The fourth-order valence-electron chi connectivity index (χ4n) is 2.81. The van der Waals surface area contributed by atoms with Crippen LogP contribution in [-0.2, 0) is 24.3 Å². The van der Waals surface area contributed by atoms with Gasteiger partial charge in [-0.2, -0.15) is 4.31 Å². The molecule has 1 saturated heterocycles. The number of carbonyl (C=O) groups excluding carboxylic acids is 1. The van der Waals surface area contributed by atoms with Crippen LogP contribution in [0.3, 0.4) is 0 Å². The molecule has 1 aromatic rings. The van der Waals surface area contributed by atoms with E-state index in [1.54, 1.807) is 19.1 Å². The van der Waals surface area contributed by atoms with Crippen LogP contribution < -0.4 is 10.1 Å². The third kappa shape index (κ3) is 3.94. The molecule has 0 aliphatic carbocycles. The molecular weight excluding hydrogens is 360 g/mol. The lowest BCUT2D eigenvalue weighted by Gasteiger charge is -2.19. The van der Waals surface area contributed by atoms with Gasteiger partial charge in [-0.15, -0.1) is 0 Å². The van der Waals surface area contributed by atoms with E-state index < -0.39 is 15.9 Å². The molecule has 0 radical (unpaired) electrons. The summed E-state index contributed by atoms with van der Waals surface area (Å²) in [6.07, 6.45) is 2.92. The first kappa shape index (κ1) is 18.5. The molecule has 0 unspecified atom stereocenters. The average molecular weight is 382 g/mol. The van der Waals surface area contributed by atoms with E-state index in [1.165, 1.54) is 16.6 Å². The molecule has 1 amide bonds. The van der Waals surface area contributed by atoms with Crippen molar-refractivity contribution in [1.82, 2.24) is 4.31 Å². The van der Waals surface area contributed by atoms with Crippen LogP contribution in [0.2, 0.25) is 0 Å². The number of anilines is 1. The Labute approximate surface area is 152 Å². The van der Waals surface area contributed by atoms with E-state index in [2.05, 4.69) is 5.32 Å². The zero-order chi connectivity index (χ0) is 18.6. The van der Waals surface area contributed by atoms with Crippen molar-refractivity contribution in [3.8, 4) is 5.75 Å². The highest BCUT2D eigenvalue weighted by atomic mass is 32.2. The maximum atomic E-state index is 12.9. The second-order valence-electron chi connectivity index (χ2n) is 5.86. The maximum absolute atomic E-state index is 12.9. The van der Waals surface area contributed by atoms with Crippen LogP contribution in [0.4, 0.5) is 5.69 Å². The van der Waals surface area contributed by atoms with Crippen molar-refractivity contribution in [2.45, 2.75) is 24.7 Å². The predicted molar refractivity (Wildman–Crippen MR) is 94.2 cm³/mol. The lowest BCUT2D eigenvalue weighted by atomic mass is 10.3. The van der Waals surface area contributed by atoms with E-state index in [1.807, 2.05) is 0 Å². The first-order valence-corrected chi connectivity index (χ1v) is 9.99. The van der Waals surface area contributed by atoms with Crippen LogP contribution in [0.1, 0.15) is 19.8 Å². The number of sulfonamides is 1. The summed E-state index contributed by atoms with van der Waals surface area (Å²) in [5.41, 5.74) is 0.339. The summed E-state index contributed by atoms with van der Waals surface area (Å²) in [6, 6.07) is 4.56. The predicted octanol–water partition coefficient (Wildman–Crippen LogP) is 1.70. The monoisotopic (exact) mass is 382 g/mol. The minimum Gasteiger partial charge on any atom is -0.494 e. The highest BCUT2D eigenvalue weighted by Crippen LogP contribution is 2.31. The third-order valence-electron chi connectivity index (χ3n) is 4.06. The molecule has 142 valence electrons. The van der Waals surface area contributed by atoms with Crippen LogP contribution >= 0.6 is 0 Å². The van der Waals surface area contributed by atoms with Gasteiger partial charge in [0.05, 0.1) is 6.61 Å². The van der Waals surface area contributed by atoms with Gasteiger partial charge < -0.3 is 19.5 Å². The average Bonchev–Trinajstić information content (AvgIpc) is 3.19. The van der Waals surface area contributed by atoms with Gasteiger partial charge in [0.2, 0.25) is 15.8 Å². The summed E-state index contributed by atoms with van der Waals surface area (Å²) in [4.78, 5) is 12.3. The number of ether oxygens (including phenoxy) is 3. The molecule has 1 N–H and O–H groups in total. The fraction of sp³-hybridized carbons (Fsp3) is 0.471. The largest absolute Gasteiger partial charge is 0.494 e. The number of nitrogens with one attached hydrogen (secondary N) is 1. The highest BCUT2D eigenvalue weighted by Gasteiger charge is 2.30. The van der Waals surface area contributed by atoms with Crippen molar-refractivity contribution in [2.75, 3.05) is 38.2 Å². The standard InChI is InChI=1S/C17H22N2O6S/c1-2-24-14-6-5-13(18-17(20)15-12-23-9-10-25-15)11-16(14)26(21,22)19-7-3-4-8-19/h5-6,11-12H,2-4,7-10H2,1H3,(H,18,20). The van der Waals surface area contributed by atoms with Crippen molar-refractivity contribution in [3.05, 3.63) is 30.2 Å². The lowest BCUT2D eigenvalue weighted by Crippen LogP contribution is -2.28. The molecular formula is C17H22N2O6S. The normalized spacial score (nSPS) is 17.8. The third-order valence-corrected chi connectivity index (χ3v) is 5.98. The van der Waals surface area contributed by atoms with Gasteiger partial charge in [-0.25, -0.2) is 8.42 Å². The van der Waals surface area contributed by atoms with Crippen LogP contribution in [0.5, 0.6) is 5.75 Å².